The van der Waals surface area contributed by atoms with Gasteiger partial charge < -0.3 is 19.9 Å². The number of ether oxygens (including phenoxy) is 1. The third kappa shape index (κ3) is 5.73. The second-order valence-corrected chi connectivity index (χ2v) is 8.64. The van der Waals surface area contributed by atoms with E-state index in [1.165, 1.54) is 12.8 Å². The van der Waals surface area contributed by atoms with Crippen LogP contribution in [-0.2, 0) is 4.79 Å². The van der Waals surface area contributed by atoms with Crippen LogP contribution in [-0.4, -0.2) is 93.0 Å². The first kappa shape index (κ1) is 22.6. The first-order valence-corrected chi connectivity index (χ1v) is 11.1. The Balaban J connectivity index is 1.60. The predicted octanol–water partition coefficient (Wildman–Crippen LogP) is 1.69. The first-order chi connectivity index (χ1) is 14.5. The van der Waals surface area contributed by atoms with Crippen LogP contribution in [0.1, 0.15) is 36.0 Å². The van der Waals surface area contributed by atoms with Crippen LogP contribution in [0.2, 0.25) is 0 Å². The number of hydrogen-bond acceptors (Lipinski definition) is 5. The Morgan fingerprint density at radius 3 is 2.50 bits per heavy atom. The molecule has 7 nitrogen and oxygen atoms in total. The molecule has 30 heavy (non-hydrogen) atoms. The highest BCUT2D eigenvalue weighted by molar-refractivity contribution is 5.94. The first-order valence-electron chi connectivity index (χ1n) is 11.1. The van der Waals surface area contributed by atoms with Crippen LogP contribution in [0.5, 0.6) is 5.75 Å². The zero-order valence-electron chi connectivity index (χ0n) is 18.6. The molecule has 0 bridgehead atoms. The van der Waals surface area contributed by atoms with Gasteiger partial charge in [0.2, 0.25) is 5.91 Å². The van der Waals surface area contributed by atoms with E-state index >= 15 is 0 Å². The quantitative estimate of drug-likeness (QED) is 0.699. The summed E-state index contributed by atoms with van der Waals surface area (Å²) >= 11 is 0. The molecule has 1 heterocycles. The monoisotopic (exact) mass is 416 g/mol. The molecule has 2 amide bonds. The number of carbonyl (C=O) groups excluding carboxylic acids is 2. The fourth-order valence-electron chi connectivity index (χ4n) is 4.60. The Morgan fingerprint density at radius 2 is 1.87 bits per heavy atom. The zero-order chi connectivity index (χ0) is 21.5. The number of methoxy groups -OCH3 is 1. The van der Waals surface area contributed by atoms with Crippen LogP contribution in [0.15, 0.2) is 24.3 Å². The van der Waals surface area contributed by atoms with Crippen molar-refractivity contribution in [2.24, 2.45) is 5.92 Å². The normalized spacial score (nSPS) is 19.1. The van der Waals surface area contributed by atoms with Crippen molar-refractivity contribution in [2.45, 2.75) is 31.7 Å². The summed E-state index contributed by atoms with van der Waals surface area (Å²) in [5.41, 5.74) is 0.650. The molecule has 1 aliphatic heterocycles. The van der Waals surface area contributed by atoms with Gasteiger partial charge in [-0.2, -0.15) is 0 Å². The summed E-state index contributed by atoms with van der Waals surface area (Å²) in [6, 6.07) is 7.22. The summed E-state index contributed by atoms with van der Waals surface area (Å²) in [6.07, 6.45) is 4.66. The maximum absolute atomic E-state index is 13.1. The highest BCUT2D eigenvalue weighted by Gasteiger charge is 2.37. The Labute approximate surface area is 180 Å². The van der Waals surface area contributed by atoms with Crippen LogP contribution in [0.3, 0.4) is 0 Å². The average molecular weight is 417 g/mol. The molecule has 166 valence electrons. The van der Waals surface area contributed by atoms with Crippen molar-refractivity contribution in [1.82, 2.24) is 20.0 Å². The summed E-state index contributed by atoms with van der Waals surface area (Å²) in [7, 11) is 5.63. The fraction of sp³-hybridized carbons (Fsp3) is 0.652. The van der Waals surface area contributed by atoms with E-state index in [9.17, 15) is 9.59 Å². The summed E-state index contributed by atoms with van der Waals surface area (Å²) in [6.45, 7) is 4.26. The molecule has 3 rings (SSSR count). The van der Waals surface area contributed by atoms with Crippen LogP contribution in [0.25, 0.3) is 0 Å². The molecule has 0 aromatic heterocycles. The SMILES string of the molecule is COc1cccc(C(=O)N2CCN(C(C(=O)NCCN(C)C)C3CCCC3)CC2)c1. The third-order valence-electron chi connectivity index (χ3n) is 6.28. The number of likely N-dealkylation sites (N-methyl/N-ethyl adjacent to an activating group) is 1. The third-order valence-corrected chi connectivity index (χ3v) is 6.28. The number of amides is 2. The van der Waals surface area contributed by atoms with Crippen molar-refractivity contribution >= 4 is 11.8 Å². The summed E-state index contributed by atoms with van der Waals surface area (Å²) in [5.74, 6) is 1.29. The van der Waals surface area contributed by atoms with Crippen molar-refractivity contribution in [2.75, 3.05) is 60.5 Å². The van der Waals surface area contributed by atoms with Gasteiger partial charge >= 0.3 is 0 Å². The van der Waals surface area contributed by atoms with Gasteiger partial charge in [0, 0.05) is 44.8 Å². The predicted molar refractivity (Wildman–Crippen MR) is 118 cm³/mol. The van der Waals surface area contributed by atoms with E-state index in [1.54, 1.807) is 13.2 Å². The lowest BCUT2D eigenvalue weighted by Gasteiger charge is -2.40. The van der Waals surface area contributed by atoms with Crippen LogP contribution < -0.4 is 10.1 Å². The maximum atomic E-state index is 13.1. The van der Waals surface area contributed by atoms with Gasteiger partial charge in [0.15, 0.2) is 0 Å². The van der Waals surface area contributed by atoms with Crippen molar-refractivity contribution in [3.05, 3.63) is 29.8 Å². The van der Waals surface area contributed by atoms with Gasteiger partial charge in [-0.25, -0.2) is 0 Å². The Kier molecular flexibility index (Phi) is 8.10. The van der Waals surface area contributed by atoms with Gasteiger partial charge in [-0.05, 0) is 51.1 Å². The zero-order valence-corrected chi connectivity index (χ0v) is 18.6. The number of nitrogens with one attached hydrogen (secondary N) is 1. The van der Waals surface area contributed by atoms with E-state index in [2.05, 4.69) is 15.1 Å². The molecule has 0 radical (unpaired) electrons. The van der Waals surface area contributed by atoms with Crippen LogP contribution in [0.4, 0.5) is 0 Å². The highest BCUT2D eigenvalue weighted by Crippen LogP contribution is 2.31. The Bertz CT molecular complexity index is 710. The van der Waals surface area contributed by atoms with Crippen molar-refractivity contribution in [1.29, 1.82) is 0 Å². The van der Waals surface area contributed by atoms with E-state index in [-0.39, 0.29) is 17.9 Å². The maximum Gasteiger partial charge on any atom is 0.254 e. The molecule has 2 aliphatic rings. The average Bonchev–Trinajstić information content (AvgIpc) is 3.28. The van der Waals surface area contributed by atoms with E-state index in [1.807, 2.05) is 37.2 Å². The van der Waals surface area contributed by atoms with Crippen molar-refractivity contribution in [3.8, 4) is 5.75 Å². The van der Waals surface area contributed by atoms with E-state index in [0.717, 1.165) is 32.5 Å². The van der Waals surface area contributed by atoms with Crippen LogP contribution in [0, 0.1) is 5.92 Å². The molecule has 1 saturated heterocycles. The molecule has 1 aromatic carbocycles. The minimum absolute atomic E-state index is 0.0291. The Hall–Kier alpha value is -2.12. The highest BCUT2D eigenvalue weighted by atomic mass is 16.5. The van der Waals surface area contributed by atoms with Crippen LogP contribution >= 0.6 is 0 Å². The largest absolute Gasteiger partial charge is 0.497 e. The van der Waals surface area contributed by atoms with Gasteiger partial charge in [0.05, 0.1) is 13.2 Å². The number of hydrogen-bond donors (Lipinski definition) is 1. The molecule has 1 N–H and O–H groups in total. The van der Waals surface area contributed by atoms with E-state index in [4.69, 9.17) is 4.74 Å². The lowest BCUT2D eigenvalue weighted by molar-refractivity contribution is -0.129. The molecule has 2 fully saturated rings. The Morgan fingerprint density at radius 1 is 1.17 bits per heavy atom. The molecule has 1 saturated carbocycles. The molecule has 1 unspecified atom stereocenters. The minimum atomic E-state index is -0.0799. The molecule has 1 atom stereocenters. The van der Waals surface area contributed by atoms with Gasteiger partial charge in [-0.1, -0.05) is 18.9 Å². The van der Waals surface area contributed by atoms with E-state index in [0.29, 0.717) is 36.9 Å². The number of piperazine rings is 1. The number of nitrogens with zero attached hydrogens (tertiary/aromatic N) is 3. The molecule has 0 spiro atoms. The van der Waals surface area contributed by atoms with Gasteiger partial charge in [0.25, 0.3) is 5.91 Å². The molecule has 1 aliphatic carbocycles. The summed E-state index contributed by atoms with van der Waals surface area (Å²) in [5, 5.41) is 3.14. The fourth-order valence-corrected chi connectivity index (χ4v) is 4.60. The van der Waals surface area contributed by atoms with Gasteiger partial charge in [-0.15, -0.1) is 0 Å². The molecule has 7 heteroatoms. The molecular formula is C23H36N4O3. The molecular weight excluding hydrogens is 380 g/mol. The number of carbonyl (C=O) groups is 2. The van der Waals surface area contributed by atoms with Crippen molar-refractivity contribution < 1.29 is 14.3 Å². The molecule has 1 aromatic rings. The van der Waals surface area contributed by atoms with Gasteiger partial charge in [-0.3, -0.25) is 14.5 Å². The van der Waals surface area contributed by atoms with E-state index < -0.39 is 0 Å². The van der Waals surface area contributed by atoms with Crippen molar-refractivity contribution in [3.63, 3.8) is 0 Å². The lowest BCUT2D eigenvalue weighted by atomic mass is 9.95. The summed E-state index contributed by atoms with van der Waals surface area (Å²) < 4.78 is 5.24. The number of benzene rings is 1. The smallest absolute Gasteiger partial charge is 0.254 e. The summed E-state index contributed by atoms with van der Waals surface area (Å²) in [4.78, 5) is 32.2. The lowest BCUT2D eigenvalue weighted by Crippen LogP contribution is -2.58. The van der Waals surface area contributed by atoms with Gasteiger partial charge in [0.1, 0.15) is 5.75 Å². The topological polar surface area (TPSA) is 65.1 Å². The second kappa shape index (κ2) is 10.8. The second-order valence-electron chi connectivity index (χ2n) is 8.64. The number of rotatable bonds is 8. The standard InChI is InChI=1S/C23H36N4O3/c1-25(2)12-11-24-22(28)21(18-7-4-5-8-18)26-13-15-27(16-14-26)23(29)19-9-6-10-20(17-19)30-3/h6,9-10,17-18,21H,4-5,7-8,11-16H2,1-3H3,(H,24,28). The minimum Gasteiger partial charge on any atom is -0.497 e.